The first-order valence-electron chi connectivity index (χ1n) is 7.69. The minimum Gasteiger partial charge on any atom is -0.338 e. The summed E-state index contributed by atoms with van der Waals surface area (Å²) in [6.45, 7) is 7.10. The number of amides is 2. The number of rotatable bonds is 5. The van der Waals surface area contributed by atoms with Crippen LogP contribution < -0.4 is 5.32 Å². The lowest BCUT2D eigenvalue weighted by atomic mass is 10.2. The highest BCUT2D eigenvalue weighted by molar-refractivity contribution is 6.31. The fraction of sp³-hybridized carbons (Fsp3) is 0.562. The summed E-state index contributed by atoms with van der Waals surface area (Å²) < 4.78 is 0. The summed E-state index contributed by atoms with van der Waals surface area (Å²) >= 11 is 6.19. The molecule has 0 aromatic heterocycles. The standard InChI is InChI=1S/C16H24ClN3O/c1-2-3-8-18-16(21)20-11-9-19(10-12-20)13-14-6-4-5-7-15(14)17/h4-7H,2-3,8-13H2,1H3,(H,18,21). The fourth-order valence-electron chi connectivity index (χ4n) is 2.46. The highest BCUT2D eigenvalue weighted by Crippen LogP contribution is 2.17. The van der Waals surface area contributed by atoms with Crippen LogP contribution in [0.25, 0.3) is 0 Å². The zero-order valence-electron chi connectivity index (χ0n) is 12.6. The Hall–Kier alpha value is -1.26. The highest BCUT2D eigenvalue weighted by atomic mass is 35.5. The average Bonchev–Trinajstić information content (AvgIpc) is 2.50. The number of nitrogens with zero attached hydrogens (tertiary/aromatic N) is 2. The van der Waals surface area contributed by atoms with E-state index < -0.39 is 0 Å². The van der Waals surface area contributed by atoms with Gasteiger partial charge in [-0.3, -0.25) is 4.90 Å². The molecule has 1 N–H and O–H groups in total. The molecule has 0 aliphatic carbocycles. The maximum Gasteiger partial charge on any atom is 0.317 e. The summed E-state index contributed by atoms with van der Waals surface area (Å²) in [7, 11) is 0. The number of carbonyl (C=O) groups excluding carboxylic acids is 1. The molecule has 1 aliphatic rings. The SMILES string of the molecule is CCCCNC(=O)N1CCN(Cc2ccccc2Cl)CC1. The third-order valence-electron chi connectivity index (χ3n) is 3.82. The van der Waals surface area contributed by atoms with Crippen LogP contribution in [0.1, 0.15) is 25.3 Å². The van der Waals surface area contributed by atoms with E-state index in [4.69, 9.17) is 11.6 Å². The van der Waals surface area contributed by atoms with Crippen molar-refractivity contribution in [3.63, 3.8) is 0 Å². The van der Waals surface area contributed by atoms with E-state index in [9.17, 15) is 4.79 Å². The molecule has 1 saturated heterocycles. The number of unbranched alkanes of at least 4 members (excludes halogenated alkanes) is 1. The lowest BCUT2D eigenvalue weighted by Gasteiger charge is -2.34. The normalized spacial score (nSPS) is 16.0. The van der Waals surface area contributed by atoms with Gasteiger partial charge in [0.15, 0.2) is 0 Å². The van der Waals surface area contributed by atoms with E-state index in [1.165, 1.54) is 0 Å². The molecule has 0 spiro atoms. The van der Waals surface area contributed by atoms with Crippen molar-refractivity contribution in [2.24, 2.45) is 0 Å². The zero-order chi connectivity index (χ0) is 15.1. The molecule has 0 atom stereocenters. The Balaban J connectivity index is 1.75. The van der Waals surface area contributed by atoms with Gasteiger partial charge in [-0.25, -0.2) is 4.79 Å². The molecule has 116 valence electrons. The molecule has 0 radical (unpaired) electrons. The van der Waals surface area contributed by atoms with Crippen molar-refractivity contribution in [2.75, 3.05) is 32.7 Å². The number of urea groups is 1. The Morgan fingerprint density at radius 1 is 1.24 bits per heavy atom. The molecule has 2 amide bonds. The van der Waals surface area contributed by atoms with Crippen LogP contribution in [0.5, 0.6) is 0 Å². The van der Waals surface area contributed by atoms with Crippen LogP contribution in [0.3, 0.4) is 0 Å². The number of hydrogen-bond acceptors (Lipinski definition) is 2. The van der Waals surface area contributed by atoms with Crippen LogP contribution >= 0.6 is 11.6 Å². The summed E-state index contributed by atoms with van der Waals surface area (Å²) in [5.74, 6) is 0. The summed E-state index contributed by atoms with van der Waals surface area (Å²) in [6.07, 6.45) is 2.14. The monoisotopic (exact) mass is 309 g/mol. The Bertz CT molecular complexity index is 459. The Labute approximate surface area is 132 Å². The van der Waals surface area contributed by atoms with E-state index in [1.807, 2.05) is 23.1 Å². The van der Waals surface area contributed by atoms with E-state index in [0.29, 0.717) is 0 Å². The predicted octanol–water partition coefficient (Wildman–Crippen LogP) is 2.97. The number of hydrogen-bond donors (Lipinski definition) is 1. The summed E-state index contributed by atoms with van der Waals surface area (Å²) in [4.78, 5) is 16.2. The minimum atomic E-state index is 0.0702. The number of benzene rings is 1. The van der Waals surface area contributed by atoms with Crippen molar-refractivity contribution in [1.29, 1.82) is 0 Å². The second-order valence-electron chi connectivity index (χ2n) is 5.44. The predicted molar refractivity (Wildman–Crippen MR) is 86.6 cm³/mol. The van der Waals surface area contributed by atoms with Gasteiger partial charge in [-0.2, -0.15) is 0 Å². The lowest BCUT2D eigenvalue weighted by molar-refractivity contribution is 0.135. The summed E-state index contributed by atoms with van der Waals surface area (Å²) in [5, 5.41) is 3.79. The first kappa shape index (κ1) is 16.1. The summed E-state index contributed by atoms with van der Waals surface area (Å²) in [6, 6.07) is 8.02. The van der Waals surface area contributed by atoms with Gasteiger partial charge >= 0.3 is 6.03 Å². The Morgan fingerprint density at radius 3 is 2.62 bits per heavy atom. The molecule has 1 aliphatic heterocycles. The largest absolute Gasteiger partial charge is 0.338 e. The van der Waals surface area contributed by atoms with Crippen LogP contribution in [-0.2, 0) is 6.54 Å². The first-order chi connectivity index (χ1) is 10.2. The van der Waals surface area contributed by atoms with E-state index in [2.05, 4.69) is 23.2 Å². The van der Waals surface area contributed by atoms with Crippen LogP contribution in [0, 0.1) is 0 Å². The van der Waals surface area contributed by atoms with Crippen molar-refractivity contribution >= 4 is 17.6 Å². The molecule has 4 nitrogen and oxygen atoms in total. The number of halogens is 1. The van der Waals surface area contributed by atoms with Gasteiger partial charge in [-0.15, -0.1) is 0 Å². The van der Waals surface area contributed by atoms with Gasteiger partial charge in [0.25, 0.3) is 0 Å². The number of piperazine rings is 1. The molecule has 5 heteroatoms. The van der Waals surface area contributed by atoms with Crippen LogP contribution in [0.2, 0.25) is 5.02 Å². The van der Waals surface area contributed by atoms with Gasteiger partial charge < -0.3 is 10.2 Å². The van der Waals surface area contributed by atoms with E-state index in [1.54, 1.807) is 0 Å². The highest BCUT2D eigenvalue weighted by Gasteiger charge is 2.21. The van der Waals surface area contributed by atoms with Crippen molar-refractivity contribution in [3.05, 3.63) is 34.9 Å². The zero-order valence-corrected chi connectivity index (χ0v) is 13.4. The quantitative estimate of drug-likeness (QED) is 0.849. The third kappa shape index (κ3) is 4.90. The topological polar surface area (TPSA) is 35.6 Å². The molecule has 1 aromatic carbocycles. The van der Waals surface area contributed by atoms with Gasteiger partial charge in [0.05, 0.1) is 0 Å². The molecule has 1 heterocycles. The average molecular weight is 310 g/mol. The minimum absolute atomic E-state index is 0.0702. The van der Waals surface area contributed by atoms with Gasteiger partial charge in [-0.1, -0.05) is 43.1 Å². The summed E-state index contributed by atoms with van der Waals surface area (Å²) in [5.41, 5.74) is 1.15. The number of carbonyl (C=O) groups is 1. The third-order valence-corrected chi connectivity index (χ3v) is 4.19. The van der Waals surface area contributed by atoms with Crippen molar-refractivity contribution < 1.29 is 4.79 Å². The van der Waals surface area contributed by atoms with Crippen molar-refractivity contribution in [1.82, 2.24) is 15.1 Å². The maximum atomic E-state index is 12.0. The van der Waals surface area contributed by atoms with E-state index in [0.717, 1.165) is 62.7 Å². The van der Waals surface area contributed by atoms with Gasteiger partial charge in [0.2, 0.25) is 0 Å². The van der Waals surface area contributed by atoms with Gasteiger partial charge in [0.1, 0.15) is 0 Å². The molecule has 21 heavy (non-hydrogen) atoms. The molecule has 0 bridgehead atoms. The molecule has 1 fully saturated rings. The molecular formula is C16H24ClN3O. The second kappa shape index (κ2) is 8.25. The van der Waals surface area contributed by atoms with Crippen LogP contribution in [-0.4, -0.2) is 48.6 Å². The van der Waals surface area contributed by atoms with Gasteiger partial charge in [0, 0.05) is 44.3 Å². The molecule has 2 rings (SSSR count). The second-order valence-corrected chi connectivity index (χ2v) is 5.85. The smallest absolute Gasteiger partial charge is 0.317 e. The van der Waals surface area contributed by atoms with E-state index in [-0.39, 0.29) is 6.03 Å². The van der Waals surface area contributed by atoms with Crippen molar-refractivity contribution in [2.45, 2.75) is 26.3 Å². The van der Waals surface area contributed by atoms with Crippen molar-refractivity contribution in [3.8, 4) is 0 Å². The lowest BCUT2D eigenvalue weighted by Crippen LogP contribution is -2.51. The Morgan fingerprint density at radius 2 is 1.95 bits per heavy atom. The fourth-order valence-corrected chi connectivity index (χ4v) is 2.66. The van der Waals surface area contributed by atoms with Crippen LogP contribution in [0.15, 0.2) is 24.3 Å². The van der Waals surface area contributed by atoms with Crippen LogP contribution in [0.4, 0.5) is 4.79 Å². The first-order valence-corrected chi connectivity index (χ1v) is 8.07. The Kier molecular flexibility index (Phi) is 6.33. The molecular weight excluding hydrogens is 286 g/mol. The molecule has 0 saturated carbocycles. The maximum absolute atomic E-state index is 12.0. The van der Waals surface area contributed by atoms with E-state index >= 15 is 0 Å². The molecule has 0 unspecified atom stereocenters. The van der Waals surface area contributed by atoms with Gasteiger partial charge in [-0.05, 0) is 18.1 Å². The molecule has 1 aromatic rings. The number of nitrogens with one attached hydrogen (secondary N) is 1.